The maximum atomic E-state index is 12.9. The number of benzene rings is 1. The number of hydrogen-bond acceptors (Lipinski definition) is 2. The molecule has 0 bridgehead atoms. The number of nitrogens with two attached hydrogens (primary N) is 1. The number of hydrogen-bond donors (Lipinski definition) is 1. The van der Waals surface area contributed by atoms with Crippen molar-refractivity contribution in [2.45, 2.75) is 13.8 Å². The van der Waals surface area contributed by atoms with E-state index in [4.69, 9.17) is 10.5 Å². The molecule has 0 saturated carbocycles. The van der Waals surface area contributed by atoms with Gasteiger partial charge < -0.3 is 15.4 Å². The van der Waals surface area contributed by atoms with Gasteiger partial charge in [-0.1, -0.05) is 6.07 Å². The second-order valence-electron chi connectivity index (χ2n) is 3.72. The van der Waals surface area contributed by atoms with Crippen molar-refractivity contribution in [1.29, 1.82) is 0 Å². The van der Waals surface area contributed by atoms with Crippen LogP contribution in [0.3, 0.4) is 0 Å². The zero-order valence-corrected chi connectivity index (χ0v) is 13.6. The molecule has 0 atom stereocenters. The Bertz CT molecular complexity index is 397. The van der Waals surface area contributed by atoms with Crippen LogP contribution in [0.2, 0.25) is 0 Å². The van der Waals surface area contributed by atoms with Gasteiger partial charge in [-0.2, -0.15) is 0 Å². The van der Waals surface area contributed by atoms with Gasteiger partial charge in [0.2, 0.25) is 0 Å². The van der Waals surface area contributed by atoms with Gasteiger partial charge in [-0.15, -0.1) is 24.0 Å². The lowest BCUT2D eigenvalue weighted by Crippen LogP contribution is -2.37. The molecule has 0 aliphatic rings. The third kappa shape index (κ3) is 6.60. The Morgan fingerprint density at radius 1 is 1.37 bits per heavy atom. The van der Waals surface area contributed by atoms with E-state index in [0.717, 1.165) is 13.1 Å². The van der Waals surface area contributed by atoms with Crippen molar-refractivity contribution in [3.63, 3.8) is 0 Å². The largest absolute Gasteiger partial charge is 0.492 e. The molecule has 0 amide bonds. The highest BCUT2D eigenvalue weighted by molar-refractivity contribution is 14.0. The highest BCUT2D eigenvalue weighted by Crippen LogP contribution is 2.11. The Labute approximate surface area is 130 Å². The molecule has 0 aliphatic heterocycles. The van der Waals surface area contributed by atoms with Crippen molar-refractivity contribution in [2.24, 2.45) is 10.7 Å². The molecule has 1 rings (SSSR count). The van der Waals surface area contributed by atoms with Gasteiger partial charge in [-0.25, -0.2) is 9.38 Å². The van der Waals surface area contributed by atoms with Gasteiger partial charge in [0, 0.05) is 19.2 Å². The van der Waals surface area contributed by atoms with E-state index < -0.39 is 0 Å². The van der Waals surface area contributed by atoms with E-state index in [9.17, 15) is 4.39 Å². The average molecular weight is 381 g/mol. The minimum absolute atomic E-state index is 0. The van der Waals surface area contributed by atoms with Crippen LogP contribution in [-0.4, -0.2) is 37.1 Å². The van der Waals surface area contributed by atoms with Crippen LogP contribution in [0.25, 0.3) is 0 Å². The summed E-state index contributed by atoms with van der Waals surface area (Å²) in [6.07, 6.45) is 0. The molecule has 108 valence electrons. The van der Waals surface area contributed by atoms with Gasteiger partial charge in [0.15, 0.2) is 5.96 Å². The second kappa shape index (κ2) is 9.82. The van der Waals surface area contributed by atoms with Gasteiger partial charge in [-0.05, 0) is 26.0 Å². The Balaban J connectivity index is 0.00000324. The summed E-state index contributed by atoms with van der Waals surface area (Å²) >= 11 is 0. The monoisotopic (exact) mass is 381 g/mol. The second-order valence-corrected chi connectivity index (χ2v) is 3.72. The summed E-state index contributed by atoms with van der Waals surface area (Å²) < 4.78 is 18.2. The lowest BCUT2D eigenvalue weighted by atomic mass is 10.3. The van der Waals surface area contributed by atoms with Crippen LogP contribution in [-0.2, 0) is 0 Å². The van der Waals surface area contributed by atoms with Crippen molar-refractivity contribution in [2.75, 3.05) is 26.2 Å². The summed E-state index contributed by atoms with van der Waals surface area (Å²) in [5.74, 6) is 0.716. The minimum atomic E-state index is -0.307. The van der Waals surface area contributed by atoms with E-state index in [-0.39, 0.29) is 29.8 Å². The first-order valence-corrected chi connectivity index (χ1v) is 6.10. The fraction of sp³-hybridized carbons (Fsp3) is 0.462. The Kier molecular flexibility index (Phi) is 9.28. The van der Waals surface area contributed by atoms with E-state index in [0.29, 0.717) is 24.9 Å². The number of ether oxygens (including phenoxy) is 1. The molecule has 6 heteroatoms. The molecule has 0 unspecified atom stereocenters. The fourth-order valence-electron chi connectivity index (χ4n) is 1.53. The lowest BCUT2D eigenvalue weighted by molar-refractivity contribution is 0.325. The standard InChI is InChI=1S/C13H20FN3O.HI/c1-3-17(4-2)13(15)16-8-9-18-12-7-5-6-11(14)10-12;/h5-7,10H,3-4,8-9H2,1-2H3,(H2,15,16);1H. The highest BCUT2D eigenvalue weighted by atomic mass is 127. The molecule has 0 spiro atoms. The minimum Gasteiger partial charge on any atom is -0.492 e. The molecule has 0 aliphatic carbocycles. The van der Waals surface area contributed by atoms with Gasteiger partial charge in [0.05, 0.1) is 6.54 Å². The summed E-state index contributed by atoms with van der Waals surface area (Å²) in [6.45, 7) is 6.54. The number of aliphatic imine (C=N–C) groups is 1. The molecule has 4 nitrogen and oxygen atoms in total. The van der Waals surface area contributed by atoms with E-state index in [1.54, 1.807) is 12.1 Å². The predicted molar refractivity (Wildman–Crippen MR) is 86.7 cm³/mol. The zero-order valence-electron chi connectivity index (χ0n) is 11.3. The van der Waals surface area contributed by atoms with E-state index >= 15 is 0 Å². The van der Waals surface area contributed by atoms with Crippen molar-refractivity contribution < 1.29 is 9.13 Å². The summed E-state index contributed by atoms with van der Waals surface area (Å²) in [6, 6.07) is 6.04. The van der Waals surface area contributed by atoms with Gasteiger partial charge >= 0.3 is 0 Å². The molecule has 19 heavy (non-hydrogen) atoms. The Morgan fingerprint density at radius 3 is 2.63 bits per heavy atom. The smallest absolute Gasteiger partial charge is 0.191 e. The topological polar surface area (TPSA) is 50.8 Å². The predicted octanol–water partition coefficient (Wildman–Crippen LogP) is 2.48. The van der Waals surface area contributed by atoms with Gasteiger partial charge in [-0.3, -0.25) is 0 Å². The van der Waals surface area contributed by atoms with E-state index in [1.807, 2.05) is 18.7 Å². The van der Waals surface area contributed by atoms with Crippen LogP contribution < -0.4 is 10.5 Å². The molecule has 1 aromatic carbocycles. The molecule has 0 radical (unpaired) electrons. The van der Waals surface area contributed by atoms with Crippen LogP contribution >= 0.6 is 24.0 Å². The molecule has 0 fully saturated rings. The SMILES string of the molecule is CCN(CC)C(N)=NCCOc1cccc(F)c1.I. The van der Waals surface area contributed by atoms with Crippen molar-refractivity contribution in [1.82, 2.24) is 4.90 Å². The first kappa shape index (κ1) is 17.9. The number of rotatable bonds is 6. The molecular weight excluding hydrogens is 360 g/mol. The molecular formula is C13H21FIN3O. The first-order valence-electron chi connectivity index (χ1n) is 6.10. The quantitative estimate of drug-likeness (QED) is 0.357. The zero-order chi connectivity index (χ0) is 13.4. The van der Waals surface area contributed by atoms with Crippen molar-refractivity contribution in [3.8, 4) is 5.75 Å². The van der Waals surface area contributed by atoms with Crippen LogP contribution in [0.1, 0.15) is 13.8 Å². The maximum Gasteiger partial charge on any atom is 0.191 e. The highest BCUT2D eigenvalue weighted by Gasteiger charge is 2.01. The number of guanidine groups is 1. The molecule has 0 saturated heterocycles. The number of nitrogens with zero attached hydrogens (tertiary/aromatic N) is 2. The van der Waals surface area contributed by atoms with Gasteiger partial charge in [0.25, 0.3) is 0 Å². The summed E-state index contributed by atoms with van der Waals surface area (Å²) in [7, 11) is 0. The van der Waals surface area contributed by atoms with Crippen molar-refractivity contribution >= 4 is 29.9 Å². The van der Waals surface area contributed by atoms with Crippen LogP contribution in [0, 0.1) is 5.82 Å². The van der Waals surface area contributed by atoms with E-state index in [1.165, 1.54) is 12.1 Å². The van der Waals surface area contributed by atoms with Crippen LogP contribution in [0.15, 0.2) is 29.3 Å². The third-order valence-electron chi connectivity index (χ3n) is 2.52. The summed E-state index contributed by atoms with van der Waals surface area (Å²) in [5, 5.41) is 0. The summed E-state index contributed by atoms with van der Waals surface area (Å²) in [4.78, 5) is 6.17. The molecule has 0 aromatic heterocycles. The summed E-state index contributed by atoms with van der Waals surface area (Å²) in [5.41, 5.74) is 5.80. The first-order chi connectivity index (χ1) is 8.67. The maximum absolute atomic E-state index is 12.9. The van der Waals surface area contributed by atoms with Crippen LogP contribution in [0.4, 0.5) is 4.39 Å². The molecule has 2 N–H and O–H groups in total. The fourth-order valence-corrected chi connectivity index (χ4v) is 1.53. The third-order valence-corrected chi connectivity index (χ3v) is 2.52. The Morgan fingerprint density at radius 2 is 2.05 bits per heavy atom. The molecule has 1 aromatic rings. The average Bonchev–Trinajstić information content (AvgIpc) is 2.36. The molecule has 0 heterocycles. The lowest BCUT2D eigenvalue weighted by Gasteiger charge is -2.19. The van der Waals surface area contributed by atoms with Crippen LogP contribution in [0.5, 0.6) is 5.75 Å². The number of halogens is 2. The van der Waals surface area contributed by atoms with E-state index in [2.05, 4.69) is 4.99 Å². The normalized spacial score (nSPS) is 10.8. The van der Waals surface area contributed by atoms with Crippen molar-refractivity contribution in [3.05, 3.63) is 30.1 Å². The Hall–Kier alpha value is -1.05. The van der Waals surface area contributed by atoms with Gasteiger partial charge in [0.1, 0.15) is 18.2 Å².